The Balaban J connectivity index is 1.46. The molecule has 4 fully saturated rings. The number of hydrogen-bond donors (Lipinski definition) is 3. The molecule has 264 valence electrons. The van der Waals surface area contributed by atoms with Crippen molar-refractivity contribution in [2.45, 2.75) is 129 Å². The molecule has 4 aliphatic rings. The van der Waals surface area contributed by atoms with Crippen molar-refractivity contribution in [2.24, 2.45) is 10.9 Å². The van der Waals surface area contributed by atoms with E-state index in [-0.39, 0.29) is 42.7 Å². The molecule has 0 radical (unpaired) electrons. The Kier molecular flexibility index (Phi) is 13.0. The van der Waals surface area contributed by atoms with Crippen LogP contribution in [0.15, 0.2) is 4.99 Å². The normalized spacial score (nSPS) is 22.2. The average Bonchev–Trinajstić information content (AvgIpc) is 2.96. The van der Waals surface area contributed by atoms with Gasteiger partial charge in [0.2, 0.25) is 23.7 Å². The lowest BCUT2D eigenvalue weighted by molar-refractivity contribution is -0.178. The lowest BCUT2D eigenvalue weighted by atomic mass is 9.72. The molecule has 1 aliphatic carbocycles. The number of piperidine rings is 2. The Labute approximate surface area is 276 Å². The summed E-state index contributed by atoms with van der Waals surface area (Å²) in [6, 6.07) is -1.63. The minimum absolute atomic E-state index is 0.00247. The predicted molar refractivity (Wildman–Crippen MR) is 171 cm³/mol. The second-order valence-corrected chi connectivity index (χ2v) is 14.3. The van der Waals surface area contributed by atoms with Crippen molar-refractivity contribution in [1.29, 1.82) is 0 Å². The van der Waals surface area contributed by atoms with Crippen molar-refractivity contribution in [1.82, 2.24) is 25.8 Å². The molecule has 15 heteroatoms. The number of carbonyl (C=O) groups excluding carboxylic acids is 6. The maximum Gasteiger partial charge on any atom is 0.414 e. The van der Waals surface area contributed by atoms with Crippen LogP contribution in [0.5, 0.6) is 0 Å². The Morgan fingerprint density at radius 3 is 1.96 bits per heavy atom. The van der Waals surface area contributed by atoms with Crippen LogP contribution in [0.3, 0.4) is 0 Å². The highest BCUT2D eigenvalue weighted by molar-refractivity contribution is 6.02. The summed E-state index contributed by atoms with van der Waals surface area (Å²) in [5, 5.41) is 7.71. The van der Waals surface area contributed by atoms with E-state index in [1.165, 1.54) is 12.0 Å². The third kappa shape index (κ3) is 11.4. The van der Waals surface area contributed by atoms with E-state index in [1.807, 2.05) is 0 Å². The fourth-order valence-corrected chi connectivity index (χ4v) is 6.17. The number of nitrogens with zero attached hydrogens (tertiary/aromatic N) is 3. The molecular weight excluding hydrogens is 612 g/mol. The molecule has 2 bridgehead atoms. The Hall–Kier alpha value is -3.91. The second kappa shape index (κ2) is 16.3. The number of unbranched alkanes of at least 4 members (excludes halogenated alkanes) is 3. The highest BCUT2D eigenvalue weighted by Crippen LogP contribution is 2.43. The molecule has 15 nitrogen and oxygen atoms in total. The van der Waals surface area contributed by atoms with Gasteiger partial charge >= 0.3 is 18.2 Å². The van der Waals surface area contributed by atoms with Crippen LogP contribution in [0.2, 0.25) is 0 Å². The van der Waals surface area contributed by atoms with Crippen molar-refractivity contribution in [3.05, 3.63) is 0 Å². The monoisotopic (exact) mass is 664 g/mol. The average molecular weight is 665 g/mol. The molecule has 0 aromatic rings. The van der Waals surface area contributed by atoms with E-state index in [0.29, 0.717) is 25.9 Å². The van der Waals surface area contributed by atoms with Gasteiger partial charge < -0.3 is 29.3 Å². The number of carbonyl (C=O) groups is 6. The van der Waals surface area contributed by atoms with E-state index in [2.05, 4.69) is 20.9 Å². The first-order valence-electron chi connectivity index (χ1n) is 16.5. The molecule has 3 aliphatic heterocycles. The number of aliphatic imine (C=N–C) groups is 1. The minimum atomic E-state index is -1.06. The van der Waals surface area contributed by atoms with Gasteiger partial charge in [0.15, 0.2) is 0 Å². The fourth-order valence-electron chi connectivity index (χ4n) is 6.17. The van der Waals surface area contributed by atoms with Crippen LogP contribution in [0.1, 0.15) is 99.3 Å². The van der Waals surface area contributed by atoms with Gasteiger partial charge in [-0.1, -0.05) is 12.8 Å². The highest BCUT2D eigenvalue weighted by Gasteiger charge is 2.55. The largest absolute Gasteiger partial charge is 0.469 e. The summed E-state index contributed by atoms with van der Waals surface area (Å²) < 4.78 is 15.3. The van der Waals surface area contributed by atoms with Crippen molar-refractivity contribution in [3.8, 4) is 0 Å². The third-order valence-electron chi connectivity index (χ3n) is 8.15. The summed E-state index contributed by atoms with van der Waals surface area (Å²) in [5.41, 5.74) is -1.48. The molecule has 4 rings (SSSR count). The zero-order valence-corrected chi connectivity index (χ0v) is 28.8. The Morgan fingerprint density at radius 1 is 0.830 bits per heavy atom. The molecule has 3 heterocycles. The first-order chi connectivity index (χ1) is 22.0. The summed E-state index contributed by atoms with van der Waals surface area (Å²) in [6.45, 7) is 10.7. The third-order valence-corrected chi connectivity index (χ3v) is 8.15. The SMILES string of the molecule is COC(=O)C[C@H]1C(=O)N2C3CCC(CC3)[C@H]2C(=O)N1CC(=O)NCCCCCCN=C(NC(=O)OC(C)(C)C)NC(=O)OC(C)(C)C. The van der Waals surface area contributed by atoms with E-state index >= 15 is 0 Å². The zero-order valence-electron chi connectivity index (χ0n) is 28.8. The molecular formula is C32H52N6O9. The number of ether oxygens (including phenoxy) is 3. The van der Waals surface area contributed by atoms with Crippen LogP contribution in [0.4, 0.5) is 9.59 Å². The van der Waals surface area contributed by atoms with Crippen LogP contribution in [0.25, 0.3) is 0 Å². The molecule has 0 unspecified atom stereocenters. The van der Waals surface area contributed by atoms with E-state index in [1.54, 1.807) is 46.4 Å². The molecule has 0 aromatic heterocycles. The summed E-state index contributed by atoms with van der Waals surface area (Å²) in [7, 11) is 1.23. The molecule has 47 heavy (non-hydrogen) atoms. The smallest absolute Gasteiger partial charge is 0.414 e. The topological polar surface area (TPSA) is 185 Å². The van der Waals surface area contributed by atoms with E-state index in [4.69, 9.17) is 14.2 Å². The first-order valence-corrected chi connectivity index (χ1v) is 16.5. The lowest BCUT2D eigenvalue weighted by Crippen LogP contribution is -2.72. The van der Waals surface area contributed by atoms with Crippen LogP contribution < -0.4 is 16.0 Å². The maximum absolute atomic E-state index is 13.6. The number of nitrogens with one attached hydrogen (secondary N) is 3. The van der Waals surface area contributed by atoms with Gasteiger partial charge in [-0.3, -0.25) is 34.8 Å². The Bertz CT molecular complexity index is 1170. The van der Waals surface area contributed by atoms with Gasteiger partial charge in [-0.25, -0.2) is 9.59 Å². The number of fused-ring (bicyclic) bond motifs is 2. The molecule has 3 N–H and O–H groups in total. The fraction of sp³-hybridized carbons (Fsp3) is 0.781. The number of hydrogen-bond acceptors (Lipinski definition) is 10. The molecule has 0 spiro atoms. The zero-order chi connectivity index (χ0) is 34.9. The lowest BCUT2D eigenvalue weighted by Gasteiger charge is -2.56. The number of amides is 5. The highest BCUT2D eigenvalue weighted by atomic mass is 16.6. The van der Waals surface area contributed by atoms with E-state index in [0.717, 1.165) is 38.5 Å². The number of rotatable bonds is 11. The molecule has 2 atom stereocenters. The molecule has 5 amide bonds. The summed E-state index contributed by atoms with van der Waals surface area (Å²) in [4.78, 5) is 83.8. The van der Waals surface area contributed by atoms with Gasteiger partial charge in [0, 0.05) is 19.1 Å². The van der Waals surface area contributed by atoms with E-state index in [9.17, 15) is 28.8 Å². The van der Waals surface area contributed by atoms with Gasteiger partial charge in [-0.2, -0.15) is 0 Å². The van der Waals surface area contributed by atoms with Gasteiger partial charge in [0.25, 0.3) is 0 Å². The predicted octanol–water partition coefficient (Wildman–Crippen LogP) is 2.61. The quantitative estimate of drug-likeness (QED) is 0.0982. The van der Waals surface area contributed by atoms with Crippen molar-refractivity contribution in [2.75, 3.05) is 26.7 Å². The van der Waals surface area contributed by atoms with Gasteiger partial charge in [-0.15, -0.1) is 0 Å². The molecule has 0 aromatic carbocycles. The molecule has 3 saturated heterocycles. The summed E-state index contributed by atoms with van der Waals surface area (Å²) in [5.74, 6) is -1.57. The number of guanidine groups is 1. The first kappa shape index (κ1) is 37.5. The van der Waals surface area contributed by atoms with Crippen molar-refractivity contribution >= 4 is 41.8 Å². The van der Waals surface area contributed by atoms with Crippen LogP contribution in [0, 0.1) is 5.92 Å². The minimum Gasteiger partial charge on any atom is -0.469 e. The maximum atomic E-state index is 13.6. The van der Waals surface area contributed by atoms with Crippen molar-refractivity contribution < 1.29 is 43.0 Å². The Morgan fingerprint density at radius 2 is 1.40 bits per heavy atom. The van der Waals surface area contributed by atoms with E-state index < -0.39 is 47.3 Å². The standard InChI is InChI=1S/C32H52N6O9/c1-31(2,3)46-29(43)35-28(36-30(44)47-32(4,5)6)34-17-11-9-8-10-16-33-23(39)19-37-22(18-24(40)45-7)26(41)38-21-14-12-20(13-15-21)25(38)27(37)42/h20-22,25H,8-19H2,1-7H3,(H,33,39)(H2,34,35,36,43,44)/t20?,21?,22-,25-/m0/s1. The summed E-state index contributed by atoms with van der Waals surface area (Å²) >= 11 is 0. The van der Waals surface area contributed by atoms with Gasteiger partial charge in [0.1, 0.15) is 29.8 Å². The van der Waals surface area contributed by atoms with Crippen LogP contribution >= 0.6 is 0 Å². The van der Waals surface area contributed by atoms with Crippen LogP contribution in [-0.4, -0.2) is 108 Å². The van der Waals surface area contributed by atoms with Gasteiger partial charge in [0.05, 0.1) is 13.5 Å². The van der Waals surface area contributed by atoms with Gasteiger partial charge in [-0.05, 0) is 86.0 Å². The number of methoxy groups -OCH3 is 1. The number of alkyl carbamates (subject to hydrolysis) is 2. The second-order valence-electron chi connectivity index (χ2n) is 14.3. The number of esters is 1. The van der Waals surface area contributed by atoms with Crippen molar-refractivity contribution in [3.63, 3.8) is 0 Å². The van der Waals surface area contributed by atoms with Crippen LogP contribution in [-0.2, 0) is 33.4 Å². The number of piperazine rings is 1. The summed E-state index contributed by atoms with van der Waals surface area (Å²) in [6.07, 6.45) is 4.45. The molecule has 1 saturated carbocycles.